The van der Waals surface area contributed by atoms with Crippen molar-refractivity contribution in [1.29, 1.82) is 0 Å². The van der Waals surface area contributed by atoms with Crippen LogP contribution < -0.4 is 11.1 Å². The lowest BCUT2D eigenvalue weighted by Gasteiger charge is -2.02. The maximum absolute atomic E-state index is 11.6. The summed E-state index contributed by atoms with van der Waals surface area (Å²) >= 11 is 1.51. The number of ether oxygens (including phenoxy) is 1. The summed E-state index contributed by atoms with van der Waals surface area (Å²) in [7, 11) is 1.39. The summed E-state index contributed by atoms with van der Waals surface area (Å²) in [6.45, 7) is 1.85. The van der Waals surface area contributed by atoms with Gasteiger partial charge < -0.3 is 15.8 Å². The van der Waals surface area contributed by atoms with Crippen LogP contribution in [-0.2, 0) is 17.6 Å². The molecular formula is C10H14N2O2S. The normalized spacial score (nSPS) is 15.5. The molecule has 0 atom stereocenters. The molecule has 1 aromatic heterocycles. The number of anilines is 1. The number of nitrogen functional groups attached to an aromatic ring is 1. The van der Waals surface area contributed by atoms with Crippen molar-refractivity contribution in [1.82, 2.24) is 5.32 Å². The van der Waals surface area contributed by atoms with Crippen LogP contribution in [0, 0.1) is 0 Å². The van der Waals surface area contributed by atoms with E-state index in [1.54, 1.807) is 0 Å². The van der Waals surface area contributed by atoms with Gasteiger partial charge in [0, 0.05) is 4.88 Å². The molecule has 0 bridgehead atoms. The average Bonchev–Trinajstić information content (AvgIpc) is 2.40. The molecule has 1 aliphatic heterocycles. The molecule has 0 amide bonds. The third kappa shape index (κ3) is 1.85. The van der Waals surface area contributed by atoms with Gasteiger partial charge in [-0.15, -0.1) is 11.3 Å². The number of esters is 1. The minimum absolute atomic E-state index is 0.313. The first-order valence-corrected chi connectivity index (χ1v) is 5.74. The van der Waals surface area contributed by atoms with Crippen LogP contribution in [0.3, 0.4) is 0 Å². The lowest BCUT2D eigenvalue weighted by molar-refractivity contribution is 0.0601. The highest BCUT2D eigenvalue weighted by molar-refractivity contribution is 7.16. The van der Waals surface area contributed by atoms with Gasteiger partial charge in [0.1, 0.15) is 5.00 Å². The largest absolute Gasteiger partial charge is 0.465 e. The number of hydrogen-bond acceptors (Lipinski definition) is 5. The van der Waals surface area contributed by atoms with Crippen molar-refractivity contribution in [3.8, 4) is 0 Å². The van der Waals surface area contributed by atoms with Crippen molar-refractivity contribution in [3.05, 3.63) is 16.0 Å². The van der Waals surface area contributed by atoms with Crippen LogP contribution in [0.4, 0.5) is 5.00 Å². The van der Waals surface area contributed by atoms with Crippen LogP contribution in [0.5, 0.6) is 0 Å². The second kappa shape index (κ2) is 4.20. The predicted molar refractivity (Wildman–Crippen MR) is 60.3 cm³/mol. The van der Waals surface area contributed by atoms with Gasteiger partial charge in [0.15, 0.2) is 0 Å². The quantitative estimate of drug-likeness (QED) is 0.695. The summed E-state index contributed by atoms with van der Waals surface area (Å²) < 4.78 is 4.75. The first-order valence-electron chi connectivity index (χ1n) is 4.93. The molecule has 15 heavy (non-hydrogen) atoms. The number of thiophene rings is 1. The lowest BCUT2D eigenvalue weighted by Crippen LogP contribution is -2.17. The Morgan fingerprint density at radius 1 is 1.47 bits per heavy atom. The minimum atomic E-state index is -0.313. The molecule has 1 aliphatic rings. The van der Waals surface area contributed by atoms with E-state index in [-0.39, 0.29) is 5.97 Å². The maximum atomic E-state index is 11.6. The summed E-state index contributed by atoms with van der Waals surface area (Å²) in [6.07, 6.45) is 1.80. The van der Waals surface area contributed by atoms with Gasteiger partial charge in [-0.25, -0.2) is 4.79 Å². The van der Waals surface area contributed by atoms with Gasteiger partial charge in [0.25, 0.3) is 0 Å². The van der Waals surface area contributed by atoms with Crippen molar-refractivity contribution in [2.45, 2.75) is 12.8 Å². The fraction of sp³-hybridized carbons (Fsp3) is 0.500. The lowest BCUT2D eigenvalue weighted by atomic mass is 10.1. The fourth-order valence-corrected chi connectivity index (χ4v) is 2.97. The first-order chi connectivity index (χ1) is 7.24. The number of hydrogen-bond donors (Lipinski definition) is 2. The van der Waals surface area contributed by atoms with Crippen molar-refractivity contribution < 1.29 is 9.53 Å². The second-order valence-corrected chi connectivity index (χ2v) is 4.62. The Kier molecular flexibility index (Phi) is 2.93. The molecule has 0 aliphatic carbocycles. The van der Waals surface area contributed by atoms with Crippen LogP contribution in [0.15, 0.2) is 0 Å². The van der Waals surface area contributed by atoms with Gasteiger partial charge in [-0.2, -0.15) is 0 Å². The summed E-state index contributed by atoms with van der Waals surface area (Å²) in [5, 5.41) is 3.89. The molecule has 4 nitrogen and oxygen atoms in total. The monoisotopic (exact) mass is 226 g/mol. The van der Waals surface area contributed by atoms with E-state index in [4.69, 9.17) is 10.5 Å². The average molecular weight is 226 g/mol. The molecular weight excluding hydrogens is 212 g/mol. The first kappa shape index (κ1) is 10.4. The van der Waals surface area contributed by atoms with Crippen molar-refractivity contribution >= 4 is 22.3 Å². The van der Waals surface area contributed by atoms with E-state index in [1.807, 2.05) is 0 Å². The van der Waals surface area contributed by atoms with Crippen LogP contribution in [-0.4, -0.2) is 26.2 Å². The number of fused-ring (bicyclic) bond motifs is 1. The number of carbonyl (C=O) groups excluding carboxylic acids is 1. The van der Waals surface area contributed by atoms with Crippen LogP contribution in [0.2, 0.25) is 0 Å². The Morgan fingerprint density at radius 3 is 2.93 bits per heavy atom. The zero-order valence-corrected chi connectivity index (χ0v) is 9.45. The molecule has 3 N–H and O–H groups in total. The molecule has 1 aromatic rings. The molecule has 0 aromatic carbocycles. The Hall–Kier alpha value is -1.07. The van der Waals surface area contributed by atoms with Crippen LogP contribution in [0.1, 0.15) is 20.8 Å². The van der Waals surface area contributed by atoms with Gasteiger partial charge in [-0.1, -0.05) is 0 Å². The highest BCUT2D eigenvalue weighted by Gasteiger charge is 2.23. The summed E-state index contributed by atoms with van der Waals surface area (Å²) in [5.41, 5.74) is 7.51. The second-order valence-electron chi connectivity index (χ2n) is 3.48. The third-order valence-electron chi connectivity index (χ3n) is 2.59. The summed E-state index contributed by atoms with van der Waals surface area (Å²) in [5.74, 6) is -0.313. The smallest absolute Gasteiger partial charge is 0.341 e. The maximum Gasteiger partial charge on any atom is 0.341 e. The van der Waals surface area contributed by atoms with Crippen molar-refractivity contribution in [2.75, 3.05) is 25.9 Å². The number of methoxy groups -OCH3 is 1. The zero-order chi connectivity index (χ0) is 10.8. The number of rotatable bonds is 1. The molecule has 5 heteroatoms. The van der Waals surface area contributed by atoms with E-state index in [0.717, 1.165) is 31.5 Å². The number of nitrogens with two attached hydrogens (primary N) is 1. The Labute approximate surface area is 92.4 Å². The number of nitrogens with one attached hydrogen (secondary N) is 1. The molecule has 2 rings (SSSR count). The summed E-state index contributed by atoms with van der Waals surface area (Å²) in [6, 6.07) is 0. The van der Waals surface area contributed by atoms with Gasteiger partial charge in [0.2, 0.25) is 0 Å². The van der Waals surface area contributed by atoms with Gasteiger partial charge in [0.05, 0.1) is 12.7 Å². The highest BCUT2D eigenvalue weighted by Crippen LogP contribution is 2.33. The van der Waals surface area contributed by atoms with E-state index in [0.29, 0.717) is 10.6 Å². The molecule has 0 saturated heterocycles. The third-order valence-corrected chi connectivity index (χ3v) is 3.71. The molecule has 2 heterocycles. The zero-order valence-electron chi connectivity index (χ0n) is 8.63. The van der Waals surface area contributed by atoms with E-state index >= 15 is 0 Å². The molecule has 0 radical (unpaired) electrons. The number of carbonyl (C=O) groups is 1. The van der Waals surface area contributed by atoms with Crippen molar-refractivity contribution in [2.24, 2.45) is 0 Å². The van der Waals surface area contributed by atoms with Gasteiger partial charge in [-0.3, -0.25) is 0 Å². The van der Waals surface area contributed by atoms with Crippen LogP contribution in [0.25, 0.3) is 0 Å². The van der Waals surface area contributed by atoms with Crippen molar-refractivity contribution in [3.63, 3.8) is 0 Å². The minimum Gasteiger partial charge on any atom is -0.465 e. The van der Waals surface area contributed by atoms with Crippen LogP contribution >= 0.6 is 11.3 Å². The van der Waals surface area contributed by atoms with E-state index < -0.39 is 0 Å². The molecule has 0 saturated carbocycles. The molecule has 82 valence electrons. The van der Waals surface area contributed by atoms with E-state index in [2.05, 4.69) is 5.32 Å². The standard InChI is InChI=1S/C10H14N2O2S/c1-14-10(13)8-6-2-4-12-5-3-7(6)15-9(8)11/h12H,2-5,11H2,1H3. The SMILES string of the molecule is COC(=O)c1c(N)sc2c1CCNCC2. The Morgan fingerprint density at radius 2 is 2.20 bits per heavy atom. The fourth-order valence-electron chi connectivity index (χ4n) is 1.87. The topological polar surface area (TPSA) is 64.3 Å². The molecule has 0 unspecified atom stereocenters. The Balaban J connectivity index is 2.44. The predicted octanol–water partition coefficient (Wildman–Crippen LogP) is 0.805. The van der Waals surface area contributed by atoms with E-state index in [1.165, 1.54) is 23.3 Å². The Bertz CT molecular complexity index is 387. The summed E-state index contributed by atoms with van der Waals surface area (Å²) in [4.78, 5) is 12.8. The van der Waals surface area contributed by atoms with E-state index in [9.17, 15) is 4.79 Å². The highest BCUT2D eigenvalue weighted by atomic mass is 32.1. The molecule has 0 fully saturated rings. The van der Waals surface area contributed by atoms with Gasteiger partial charge >= 0.3 is 5.97 Å². The molecule has 0 spiro atoms. The van der Waals surface area contributed by atoms with Gasteiger partial charge in [-0.05, 0) is 31.5 Å².